The summed E-state index contributed by atoms with van der Waals surface area (Å²) in [5.74, 6) is -0.529. The summed E-state index contributed by atoms with van der Waals surface area (Å²) in [6.45, 7) is 0.379. The van der Waals surface area contributed by atoms with Crippen molar-refractivity contribution in [3.05, 3.63) is 58.1 Å². The molecule has 0 aromatic heterocycles. The molecule has 0 saturated carbocycles. The van der Waals surface area contributed by atoms with Gasteiger partial charge < -0.3 is 15.6 Å². The molecular weight excluding hydrogens is 310 g/mol. The first-order valence-corrected chi connectivity index (χ1v) is 6.35. The van der Waals surface area contributed by atoms with Crippen LogP contribution in [-0.4, -0.2) is 11.1 Å². The summed E-state index contributed by atoms with van der Waals surface area (Å²) in [7, 11) is 0. The van der Waals surface area contributed by atoms with Gasteiger partial charge in [-0.1, -0.05) is 28.1 Å². The number of nitrogens with two attached hydrogens (primary N) is 1. The maximum atomic E-state index is 10.8. The van der Waals surface area contributed by atoms with E-state index in [-0.39, 0.29) is 5.56 Å². The van der Waals surface area contributed by atoms with Gasteiger partial charge in [0.15, 0.2) is 0 Å². The van der Waals surface area contributed by atoms with E-state index in [1.165, 1.54) is 12.1 Å². The minimum atomic E-state index is -1.01. The van der Waals surface area contributed by atoms with Crippen LogP contribution >= 0.6 is 15.9 Å². The molecule has 3 N–H and O–H groups in total. The van der Waals surface area contributed by atoms with E-state index in [4.69, 9.17) is 15.6 Å². The van der Waals surface area contributed by atoms with Crippen molar-refractivity contribution in [1.29, 1.82) is 0 Å². The summed E-state index contributed by atoms with van der Waals surface area (Å²) in [4.78, 5) is 10.8. The fourth-order valence-electron chi connectivity index (χ4n) is 1.55. The highest BCUT2D eigenvalue weighted by Crippen LogP contribution is 2.23. The monoisotopic (exact) mass is 321 g/mol. The smallest absolute Gasteiger partial charge is 0.335 e. The van der Waals surface area contributed by atoms with E-state index in [1.807, 2.05) is 24.3 Å². The lowest BCUT2D eigenvalue weighted by Crippen LogP contribution is -2.02. The van der Waals surface area contributed by atoms with Crippen molar-refractivity contribution in [2.45, 2.75) is 6.61 Å². The molecule has 0 unspecified atom stereocenters. The number of halogens is 1. The number of benzene rings is 2. The second-order valence-electron chi connectivity index (χ2n) is 3.97. The molecule has 0 spiro atoms. The minimum absolute atomic E-state index is 0.147. The lowest BCUT2D eigenvalue weighted by molar-refractivity contribution is 0.0697. The van der Waals surface area contributed by atoms with Crippen molar-refractivity contribution in [2.24, 2.45) is 0 Å². The van der Waals surface area contributed by atoms with Crippen LogP contribution in [0.5, 0.6) is 5.75 Å². The van der Waals surface area contributed by atoms with Crippen molar-refractivity contribution < 1.29 is 14.6 Å². The third-order valence-corrected chi connectivity index (χ3v) is 3.09. The first-order valence-electron chi connectivity index (χ1n) is 5.56. The van der Waals surface area contributed by atoms with Gasteiger partial charge in [-0.3, -0.25) is 0 Å². The number of ether oxygens (including phenoxy) is 1. The van der Waals surface area contributed by atoms with Crippen LogP contribution in [0.2, 0.25) is 0 Å². The van der Waals surface area contributed by atoms with Crippen molar-refractivity contribution in [3.8, 4) is 5.75 Å². The van der Waals surface area contributed by atoms with Gasteiger partial charge in [0.1, 0.15) is 12.4 Å². The lowest BCUT2D eigenvalue weighted by atomic mass is 10.2. The highest BCUT2D eigenvalue weighted by Gasteiger charge is 2.07. The van der Waals surface area contributed by atoms with Gasteiger partial charge in [0, 0.05) is 4.47 Å². The zero-order chi connectivity index (χ0) is 13.8. The molecule has 0 heterocycles. The molecule has 2 aromatic carbocycles. The molecule has 0 atom stereocenters. The summed E-state index contributed by atoms with van der Waals surface area (Å²) >= 11 is 3.36. The highest BCUT2D eigenvalue weighted by atomic mass is 79.9. The topological polar surface area (TPSA) is 72.6 Å². The maximum Gasteiger partial charge on any atom is 0.335 e. The summed E-state index contributed by atoms with van der Waals surface area (Å²) in [6, 6.07) is 12.1. The van der Waals surface area contributed by atoms with Crippen LogP contribution in [0, 0.1) is 0 Å². The van der Waals surface area contributed by atoms with Crippen LogP contribution in [0.4, 0.5) is 5.69 Å². The minimum Gasteiger partial charge on any atom is -0.487 e. The average molecular weight is 322 g/mol. The number of hydrogen-bond donors (Lipinski definition) is 2. The fourth-order valence-corrected chi connectivity index (χ4v) is 1.82. The molecule has 2 rings (SSSR count). The van der Waals surface area contributed by atoms with E-state index in [1.54, 1.807) is 6.07 Å². The number of carboxylic acid groups (broad SMARTS) is 1. The Morgan fingerprint density at radius 3 is 2.47 bits per heavy atom. The summed E-state index contributed by atoms with van der Waals surface area (Å²) in [6.07, 6.45) is 0. The Kier molecular flexibility index (Phi) is 4.06. The van der Waals surface area contributed by atoms with E-state index in [2.05, 4.69) is 15.9 Å². The van der Waals surface area contributed by atoms with Gasteiger partial charge in [-0.2, -0.15) is 0 Å². The van der Waals surface area contributed by atoms with Gasteiger partial charge in [-0.25, -0.2) is 4.79 Å². The molecule has 98 valence electrons. The molecule has 0 aliphatic heterocycles. The molecule has 0 amide bonds. The molecule has 0 bridgehead atoms. The molecule has 0 saturated heterocycles. The first-order chi connectivity index (χ1) is 9.06. The van der Waals surface area contributed by atoms with Crippen molar-refractivity contribution in [2.75, 3.05) is 5.73 Å². The van der Waals surface area contributed by atoms with E-state index >= 15 is 0 Å². The predicted molar refractivity (Wildman–Crippen MR) is 76.3 cm³/mol. The second-order valence-corrected chi connectivity index (χ2v) is 4.89. The van der Waals surface area contributed by atoms with E-state index in [0.717, 1.165) is 10.0 Å². The first kappa shape index (κ1) is 13.4. The zero-order valence-corrected chi connectivity index (χ0v) is 11.6. The Balaban J connectivity index is 2.07. The number of aromatic carboxylic acids is 1. The van der Waals surface area contributed by atoms with Crippen molar-refractivity contribution >= 4 is 27.6 Å². The average Bonchev–Trinajstić information content (AvgIpc) is 2.39. The van der Waals surface area contributed by atoms with Crippen molar-refractivity contribution in [3.63, 3.8) is 0 Å². The maximum absolute atomic E-state index is 10.8. The summed E-state index contributed by atoms with van der Waals surface area (Å²) in [5.41, 5.74) is 7.22. The Morgan fingerprint density at radius 2 is 1.89 bits per heavy atom. The molecule has 4 nitrogen and oxygen atoms in total. The molecule has 0 aliphatic carbocycles. The van der Waals surface area contributed by atoms with Crippen LogP contribution in [-0.2, 0) is 6.61 Å². The van der Waals surface area contributed by atoms with Crippen LogP contribution in [0.25, 0.3) is 0 Å². The number of anilines is 1. The Morgan fingerprint density at radius 1 is 1.21 bits per heavy atom. The van der Waals surface area contributed by atoms with Gasteiger partial charge in [0.2, 0.25) is 0 Å². The highest BCUT2D eigenvalue weighted by molar-refractivity contribution is 9.10. The number of carboxylic acids is 1. The fraction of sp³-hybridized carbons (Fsp3) is 0.0714. The van der Waals surface area contributed by atoms with Gasteiger partial charge >= 0.3 is 5.97 Å². The molecule has 0 radical (unpaired) electrons. The SMILES string of the molecule is Nc1cc(C(=O)O)ccc1OCc1ccc(Br)cc1. The molecule has 0 aliphatic rings. The van der Waals surface area contributed by atoms with Gasteiger partial charge in [-0.05, 0) is 35.9 Å². The van der Waals surface area contributed by atoms with Crippen LogP contribution in [0.3, 0.4) is 0 Å². The van der Waals surface area contributed by atoms with Gasteiger partial charge in [0.05, 0.1) is 11.3 Å². The lowest BCUT2D eigenvalue weighted by Gasteiger charge is -2.09. The predicted octanol–water partition coefficient (Wildman–Crippen LogP) is 3.31. The Hall–Kier alpha value is -2.01. The molecule has 5 heteroatoms. The zero-order valence-electron chi connectivity index (χ0n) is 9.97. The second kappa shape index (κ2) is 5.75. The Labute approximate surface area is 118 Å². The van der Waals surface area contributed by atoms with E-state index in [0.29, 0.717) is 18.0 Å². The molecule has 0 fully saturated rings. The number of hydrogen-bond acceptors (Lipinski definition) is 3. The summed E-state index contributed by atoms with van der Waals surface area (Å²) in [5, 5.41) is 8.83. The van der Waals surface area contributed by atoms with Gasteiger partial charge in [-0.15, -0.1) is 0 Å². The largest absolute Gasteiger partial charge is 0.487 e. The van der Waals surface area contributed by atoms with Crippen LogP contribution < -0.4 is 10.5 Å². The van der Waals surface area contributed by atoms with E-state index in [9.17, 15) is 4.79 Å². The van der Waals surface area contributed by atoms with Crippen LogP contribution in [0.15, 0.2) is 46.9 Å². The molecular formula is C14H12BrNO3. The molecule has 2 aromatic rings. The summed E-state index contributed by atoms with van der Waals surface area (Å²) < 4.78 is 6.57. The van der Waals surface area contributed by atoms with E-state index < -0.39 is 5.97 Å². The molecule has 19 heavy (non-hydrogen) atoms. The van der Waals surface area contributed by atoms with Crippen molar-refractivity contribution in [1.82, 2.24) is 0 Å². The normalized spacial score (nSPS) is 10.2. The third kappa shape index (κ3) is 3.48. The third-order valence-electron chi connectivity index (χ3n) is 2.56. The van der Waals surface area contributed by atoms with Gasteiger partial charge in [0.25, 0.3) is 0 Å². The Bertz CT molecular complexity index is 596. The number of rotatable bonds is 4. The quantitative estimate of drug-likeness (QED) is 0.847. The number of carbonyl (C=O) groups is 1. The van der Waals surface area contributed by atoms with Crippen LogP contribution in [0.1, 0.15) is 15.9 Å². The number of nitrogen functional groups attached to an aromatic ring is 1. The standard InChI is InChI=1S/C14H12BrNO3/c15-11-4-1-9(2-5-11)8-19-13-6-3-10(14(17)18)7-12(13)16/h1-7H,8,16H2,(H,17,18).